The van der Waals surface area contributed by atoms with Gasteiger partial charge in [-0.3, -0.25) is 0 Å². The molecule has 0 aromatic rings. The third kappa shape index (κ3) is 14.3. The Hall–Kier alpha value is -1.26. The van der Waals surface area contributed by atoms with Gasteiger partial charge < -0.3 is 14.8 Å². The van der Waals surface area contributed by atoms with Crippen molar-refractivity contribution >= 4 is 12.1 Å². The Morgan fingerprint density at radius 2 is 1.29 bits per heavy atom. The van der Waals surface area contributed by atoms with Crippen LogP contribution in [0.5, 0.6) is 0 Å². The summed E-state index contributed by atoms with van der Waals surface area (Å²) in [5, 5.41) is 2.44. The van der Waals surface area contributed by atoms with E-state index in [0.717, 1.165) is 12.8 Å². The number of unbranched alkanes of at least 4 members (excludes halogenated alkanes) is 10. The number of carbonyl (C=O) groups is 2. The molecular weight excluding hydrogens is 306 g/mol. The Morgan fingerprint density at radius 1 is 0.792 bits per heavy atom. The van der Waals surface area contributed by atoms with Crippen LogP contribution in [0.2, 0.25) is 0 Å². The van der Waals surface area contributed by atoms with E-state index < -0.39 is 18.1 Å². The van der Waals surface area contributed by atoms with Crippen LogP contribution in [0.4, 0.5) is 4.79 Å². The molecule has 0 heterocycles. The Kier molecular flexibility index (Phi) is 15.7. The van der Waals surface area contributed by atoms with Gasteiger partial charge in [-0.2, -0.15) is 0 Å². The number of esters is 1. The predicted molar refractivity (Wildman–Crippen MR) is 97.0 cm³/mol. The summed E-state index contributed by atoms with van der Waals surface area (Å²) < 4.78 is 9.88. The zero-order valence-corrected chi connectivity index (χ0v) is 15.9. The Morgan fingerprint density at radius 3 is 1.79 bits per heavy atom. The topological polar surface area (TPSA) is 64.6 Å². The van der Waals surface area contributed by atoms with E-state index in [9.17, 15) is 9.59 Å². The second-order valence-corrected chi connectivity index (χ2v) is 6.29. The van der Waals surface area contributed by atoms with E-state index in [4.69, 9.17) is 9.47 Å². The molecule has 0 bridgehead atoms. The Bertz CT molecular complexity index is 320. The van der Waals surface area contributed by atoms with Gasteiger partial charge >= 0.3 is 12.1 Å². The maximum absolute atomic E-state index is 11.7. The molecule has 1 atom stereocenters. The van der Waals surface area contributed by atoms with Gasteiger partial charge in [0, 0.05) is 0 Å². The summed E-state index contributed by atoms with van der Waals surface area (Å²) >= 11 is 0. The van der Waals surface area contributed by atoms with Crippen molar-refractivity contribution in [3.63, 3.8) is 0 Å². The minimum Gasteiger partial charge on any atom is -0.464 e. The SMILES string of the molecule is CCCCCCCCCCCCCOC(=O)[C@H](C)NC(=O)OCC. The fraction of sp³-hybridized carbons (Fsp3) is 0.895. The summed E-state index contributed by atoms with van der Waals surface area (Å²) in [5.41, 5.74) is 0. The summed E-state index contributed by atoms with van der Waals surface area (Å²) in [5.74, 6) is -0.407. The van der Waals surface area contributed by atoms with Crippen molar-refractivity contribution in [1.82, 2.24) is 5.32 Å². The second kappa shape index (κ2) is 16.6. The van der Waals surface area contributed by atoms with Crippen molar-refractivity contribution in [2.24, 2.45) is 0 Å². The van der Waals surface area contributed by atoms with Gasteiger partial charge in [0.15, 0.2) is 0 Å². The first kappa shape index (κ1) is 22.7. The summed E-state index contributed by atoms with van der Waals surface area (Å²) in [6.45, 7) is 6.26. The van der Waals surface area contributed by atoms with Crippen molar-refractivity contribution in [3.8, 4) is 0 Å². The van der Waals surface area contributed by atoms with Crippen molar-refractivity contribution < 1.29 is 19.1 Å². The summed E-state index contributed by atoms with van der Waals surface area (Å²) in [6, 6.07) is -0.670. The quantitative estimate of drug-likeness (QED) is 0.336. The normalized spacial score (nSPS) is 11.8. The molecule has 0 saturated carbocycles. The van der Waals surface area contributed by atoms with Crippen molar-refractivity contribution in [2.75, 3.05) is 13.2 Å². The third-order valence-corrected chi connectivity index (χ3v) is 3.96. The van der Waals surface area contributed by atoms with E-state index in [1.54, 1.807) is 13.8 Å². The molecule has 5 nitrogen and oxygen atoms in total. The molecule has 1 amide bonds. The lowest BCUT2D eigenvalue weighted by atomic mass is 10.1. The molecule has 142 valence electrons. The van der Waals surface area contributed by atoms with Crippen LogP contribution >= 0.6 is 0 Å². The fourth-order valence-corrected chi connectivity index (χ4v) is 2.47. The van der Waals surface area contributed by atoms with E-state index in [0.29, 0.717) is 6.61 Å². The van der Waals surface area contributed by atoms with Crippen molar-refractivity contribution in [1.29, 1.82) is 0 Å². The minimum atomic E-state index is -0.670. The fourth-order valence-electron chi connectivity index (χ4n) is 2.47. The maximum Gasteiger partial charge on any atom is 0.407 e. The first-order chi connectivity index (χ1) is 11.6. The van der Waals surface area contributed by atoms with Crippen LogP contribution in [-0.4, -0.2) is 31.3 Å². The van der Waals surface area contributed by atoms with Gasteiger partial charge in [0.05, 0.1) is 13.2 Å². The monoisotopic (exact) mass is 343 g/mol. The average Bonchev–Trinajstić information content (AvgIpc) is 2.55. The van der Waals surface area contributed by atoms with Crippen LogP contribution in [0.15, 0.2) is 0 Å². The lowest BCUT2D eigenvalue weighted by Crippen LogP contribution is -2.39. The van der Waals surface area contributed by atoms with Gasteiger partial charge in [0.25, 0.3) is 0 Å². The summed E-state index contributed by atoms with van der Waals surface area (Å²) in [7, 11) is 0. The molecule has 0 rings (SSSR count). The van der Waals surface area contributed by atoms with Gasteiger partial charge in [-0.25, -0.2) is 9.59 Å². The van der Waals surface area contributed by atoms with Gasteiger partial charge in [-0.15, -0.1) is 0 Å². The molecule has 5 heteroatoms. The highest BCUT2D eigenvalue weighted by molar-refractivity contribution is 5.80. The highest BCUT2D eigenvalue weighted by atomic mass is 16.6. The van der Waals surface area contributed by atoms with E-state index in [2.05, 4.69) is 12.2 Å². The van der Waals surface area contributed by atoms with Gasteiger partial charge in [-0.1, -0.05) is 71.1 Å². The van der Waals surface area contributed by atoms with Crippen LogP contribution < -0.4 is 5.32 Å². The van der Waals surface area contributed by atoms with Crippen LogP contribution in [0, 0.1) is 0 Å². The standard InChI is InChI=1S/C19H37NO4/c1-4-6-7-8-9-10-11-12-13-14-15-16-24-18(21)17(3)20-19(22)23-5-2/h17H,4-16H2,1-3H3,(H,20,22)/t17-/m0/s1. The highest BCUT2D eigenvalue weighted by Gasteiger charge is 2.17. The Labute approximate surface area is 147 Å². The van der Waals surface area contributed by atoms with Gasteiger partial charge in [0.1, 0.15) is 6.04 Å². The summed E-state index contributed by atoms with van der Waals surface area (Å²) in [6.07, 6.45) is 13.3. The lowest BCUT2D eigenvalue weighted by Gasteiger charge is -2.13. The molecule has 0 fully saturated rings. The van der Waals surface area contributed by atoms with Crippen LogP contribution in [-0.2, 0) is 14.3 Å². The van der Waals surface area contributed by atoms with E-state index >= 15 is 0 Å². The number of hydrogen-bond donors (Lipinski definition) is 1. The number of rotatable bonds is 15. The van der Waals surface area contributed by atoms with Crippen LogP contribution in [0.25, 0.3) is 0 Å². The third-order valence-electron chi connectivity index (χ3n) is 3.96. The molecule has 0 unspecified atom stereocenters. The molecule has 0 aliphatic rings. The second-order valence-electron chi connectivity index (χ2n) is 6.29. The molecule has 0 aromatic heterocycles. The molecular formula is C19H37NO4. The zero-order chi connectivity index (χ0) is 18.0. The first-order valence-electron chi connectivity index (χ1n) is 9.71. The molecule has 0 aromatic carbocycles. The molecule has 24 heavy (non-hydrogen) atoms. The molecule has 0 aliphatic heterocycles. The number of hydrogen-bond acceptors (Lipinski definition) is 4. The first-order valence-corrected chi connectivity index (χ1v) is 9.71. The van der Waals surface area contributed by atoms with Crippen LogP contribution in [0.3, 0.4) is 0 Å². The number of nitrogens with one attached hydrogen (secondary N) is 1. The van der Waals surface area contributed by atoms with E-state index in [1.807, 2.05) is 0 Å². The predicted octanol–water partition coefficient (Wildman–Crippen LogP) is 4.98. The molecule has 0 spiro atoms. The Balaban J connectivity index is 3.37. The van der Waals surface area contributed by atoms with E-state index in [1.165, 1.54) is 57.8 Å². The molecule has 1 N–H and O–H groups in total. The molecule has 0 aliphatic carbocycles. The highest BCUT2D eigenvalue weighted by Crippen LogP contribution is 2.11. The molecule has 0 saturated heterocycles. The van der Waals surface area contributed by atoms with Crippen molar-refractivity contribution in [3.05, 3.63) is 0 Å². The lowest BCUT2D eigenvalue weighted by molar-refractivity contribution is -0.145. The molecule has 0 radical (unpaired) electrons. The van der Waals surface area contributed by atoms with Crippen molar-refractivity contribution in [2.45, 2.75) is 97.4 Å². The largest absolute Gasteiger partial charge is 0.464 e. The number of alkyl carbamates (subject to hydrolysis) is 1. The van der Waals surface area contributed by atoms with Crippen LogP contribution in [0.1, 0.15) is 91.4 Å². The van der Waals surface area contributed by atoms with Gasteiger partial charge in [0.2, 0.25) is 0 Å². The number of carbonyl (C=O) groups excluding carboxylic acids is 2. The summed E-state index contributed by atoms with van der Waals surface area (Å²) in [4.78, 5) is 22.9. The van der Waals surface area contributed by atoms with E-state index in [-0.39, 0.29) is 6.61 Å². The average molecular weight is 344 g/mol. The smallest absolute Gasteiger partial charge is 0.407 e. The van der Waals surface area contributed by atoms with Gasteiger partial charge in [-0.05, 0) is 20.3 Å². The minimum absolute atomic E-state index is 0.284. The number of ether oxygens (including phenoxy) is 2. The zero-order valence-electron chi connectivity index (χ0n) is 15.9. The maximum atomic E-state index is 11.7. The number of amides is 1.